The maximum Gasteiger partial charge on any atom is 0.196 e. The Morgan fingerprint density at radius 3 is 2.38 bits per heavy atom. The van der Waals surface area contributed by atoms with Crippen LogP contribution in [0, 0.1) is 24.4 Å². The van der Waals surface area contributed by atoms with Gasteiger partial charge in [0.1, 0.15) is 16.8 Å². The molecular weight excluding hydrogens is 303 g/mol. The number of anilines is 2. The molecule has 3 nitrogen and oxygen atoms in total. The zero-order valence-electron chi connectivity index (χ0n) is 11.6. The van der Waals surface area contributed by atoms with Crippen molar-refractivity contribution in [2.24, 2.45) is 0 Å². The van der Waals surface area contributed by atoms with Gasteiger partial charge in [0, 0.05) is 11.5 Å². The molecule has 0 amide bonds. The monoisotopic (exact) mass is 315 g/mol. The quantitative estimate of drug-likeness (QED) is 0.657. The summed E-state index contributed by atoms with van der Waals surface area (Å²) in [7, 11) is 0. The van der Waals surface area contributed by atoms with Crippen LogP contribution in [0.15, 0.2) is 12.1 Å². The molecule has 0 saturated heterocycles. The van der Waals surface area contributed by atoms with Crippen LogP contribution in [0.3, 0.4) is 0 Å². The molecule has 21 heavy (non-hydrogen) atoms. The van der Waals surface area contributed by atoms with Gasteiger partial charge in [0.2, 0.25) is 0 Å². The first-order valence-electron chi connectivity index (χ1n) is 6.25. The number of nitrogens with one attached hydrogen (secondary N) is 1. The van der Waals surface area contributed by atoms with Crippen molar-refractivity contribution in [3.8, 4) is 0 Å². The summed E-state index contributed by atoms with van der Waals surface area (Å²) < 4.78 is 39.8. The first-order chi connectivity index (χ1) is 9.81. The van der Waals surface area contributed by atoms with Crippen molar-refractivity contribution in [2.75, 3.05) is 5.32 Å². The van der Waals surface area contributed by atoms with E-state index in [-0.39, 0.29) is 22.6 Å². The Hall–Kier alpha value is -1.82. The van der Waals surface area contributed by atoms with E-state index in [0.29, 0.717) is 11.4 Å². The van der Waals surface area contributed by atoms with Crippen molar-refractivity contribution < 1.29 is 13.2 Å². The van der Waals surface area contributed by atoms with E-state index in [1.54, 1.807) is 6.92 Å². The summed E-state index contributed by atoms with van der Waals surface area (Å²) in [5.74, 6) is -3.37. The first-order valence-corrected chi connectivity index (χ1v) is 6.63. The molecule has 7 heteroatoms. The predicted octanol–water partition coefficient (Wildman–Crippen LogP) is 4.72. The number of benzene rings is 1. The summed E-state index contributed by atoms with van der Waals surface area (Å²) in [6.45, 7) is 5.40. The Morgan fingerprint density at radius 1 is 1.10 bits per heavy atom. The van der Waals surface area contributed by atoms with Gasteiger partial charge in [0.15, 0.2) is 17.5 Å². The molecule has 0 aliphatic heterocycles. The molecule has 0 saturated carbocycles. The van der Waals surface area contributed by atoms with E-state index in [1.165, 1.54) is 0 Å². The largest absolute Gasteiger partial charge is 0.337 e. The maximum atomic E-state index is 13.7. The van der Waals surface area contributed by atoms with Gasteiger partial charge >= 0.3 is 0 Å². The number of nitrogens with zero attached hydrogens (tertiary/aromatic N) is 2. The van der Waals surface area contributed by atoms with Crippen LogP contribution in [0.25, 0.3) is 0 Å². The lowest BCUT2D eigenvalue weighted by molar-refractivity contribution is 0.449. The minimum Gasteiger partial charge on any atom is -0.337 e. The van der Waals surface area contributed by atoms with Gasteiger partial charge in [-0.1, -0.05) is 25.4 Å². The lowest BCUT2D eigenvalue weighted by Gasteiger charge is -2.13. The average Bonchev–Trinajstić information content (AvgIpc) is 2.43. The summed E-state index contributed by atoms with van der Waals surface area (Å²) in [5.41, 5.74) is 0.270. The van der Waals surface area contributed by atoms with Crippen molar-refractivity contribution in [3.63, 3.8) is 0 Å². The molecule has 1 heterocycles. The molecule has 0 atom stereocenters. The lowest BCUT2D eigenvalue weighted by atomic mass is 10.2. The zero-order valence-corrected chi connectivity index (χ0v) is 12.4. The highest BCUT2D eigenvalue weighted by Crippen LogP contribution is 2.28. The SMILES string of the molecule is Cc1c(Cl)nc(C(C)C)nc1Nc1ccc(F)c(F)c1F. The summed E-state index contributed by atoms with van der Waals surface area (Å²) in [6, 6.07) is 1.93. The minimum atomic E-state index is -1.54. The number of aromatic nitrogens is 2. The summed E-state index contributed by atoms with van der Waals surface area (Å²) >= 11 is 6.01. The summed E-state index contributed by atoms with van der Waals surface area (Å²) in [4.78, 5) is 8.35. The average molecular weight is 316 g/mol. The third-order valence-electron chi connectivity index (χ3n) is 2.91. The second-order valence-electron chi connectivity index (χ2n) is 4.85. The van der Waals surface area contributed by atoms with E-state index in [4.69, 9.17) is 11.6 Å². The second kappa shape index (κ2) is 5.89. The molecule has 2 rings (SSSR count). The third kappa shape index (κ3) is 3.10. The van der Waals surface area contributed by atoms with Crippen molar-refractivity contribution >= 4 is 23.1 Å². The Balaban J connectivity index is 2.47. The van der Waals surface area contributed by atoms with E-state index in [0.717, 1.165) is 12.1 Å². The Bertz CT molecular complexity index is 690. The van der Waals surface area contributed by atoms with Crippen LogP contribution in [0.2, 0.25) is 5.15 Å². The van der Waals surface area contributed by atoms with Crippen LogP contribution in [0.1, 0.15) is 31.2 Å². The fraction of sp³-hybridized carbons (Fsp3) is 0.286. The van der Waals surface area contributed by atoms with Crippen molar-refractivity contribution in [1.29, 1.82) is 0 Å². The number of halogens is 4. The Labute approximate surface area is 125 Å². The van der Waals surface area contributed by atoms with Crippen molar-refractivity contribution in [2.45, 2.75) is 26.7 Å². The van der Waals surface area contributed by atoms with E-state index in [9.17, 15) is 13.2 Å². The second-order valence-corrected chi connectivity index (χ2v) is 5.21. The highest BCUT2D eigenvalue weighted by molar-refractivity contribution is 6.30. The van der Waals surface area contributed by atoms with Gasteiger partial charge in [0.25, 0.3) is 0 Å². The van der Waals surface area contributed by atoms with Crippen molar-refractivity contribution in [3.05, 3.63) is 46.1 Å². The fourth-order valence-corrected chi connectivity index (χ4v) is 1.81. The van der Waals surface area contributed by atoms with Gasteiger partial charge in [0.05, 0.1) is 5.69 Å². The fourth-order valence-electron chi connectivity index (χ4n) is 1.64. The normalized spacial score (nSPS) is 11.0. The van der Waals surface area contributed by atoms with Gasteiger partial charge in [-0.3, -0.25) is 0 Å². The molecule has 0 bridgehead atoms. The molecule has 1 aromatic carbocycles. The molecule has 0 radical (unpaired) electrons. The lowest BCUT2D eigenvalue weighted by Crippen LogP contribution is -2.07. The van der Waals surface area contributed by atoms with Crippen LogP contribution in [-0.2, 0) is 0 Å². The molecule has 0 unspecified atom stereocenters. The van der Waals surface area contributed by atoms with Gasteiger partial charge in [-0.2, -0.15) is 0 Å². The Morgan fingerprint density at radius 2 is 1.76 bits per heavy atom. The van der Waals surface area contributed by atoms with Crippen LogP contribution in [-0.4, -0.2) is 9.97 Å². The molecule has 1 N–H and O–H groups in total. The minimum absolute atomic E-state index is 0.0125. The van der Waals surface area contributed by atoms with E-state index >= 15 is 0 Å². The first kappa shape index (κ1) is 15.6. The van der Waals surface area contributed by atoms with Gasteiger partial charge in [-0.25, -0.2) is 23.1 Å². The summed E-state index contributed by atoms with van der Waals surface area (Å²) in [5, 5.41) is 2.85. The highest BCUT2D eigenvalue weighted by Gasteiger charge is 2.17. The maximum absolute atomic E-state index is 13.7. The van der Waals surface area contributed by atoms with Gasteiger partial charge in [-0.05, 0) is 19.1 Å². The van der Waals surface area contributed by atoms with Crippen LogP contribution in [0.4, 0.5) is 24.7 Å². The predicted molar refractivity (Wildman–Crippen MR) is 75.5 cm³/mol. The Kier molecular flexibility index (Phi) is 4.37. The molecule has 2 aromatic rings. The zero-order chi connectivity index (χ0) is 15.7. The molecule has 0 spiro atoms. The number of hydrogen-bond acceptors (Lipinski definition) is 3. The van der Waals surface area contributed by atoms with E-state index in [1.807, 2.05) is 13.8 Å². The number of rotatable bonds is 3. The van der Waals surface area contributed by atoms with Gasteiger partial charge in [-0.15, -0.1) is 0 Å². The molecule has 112 valence electrons. The highest BCUT2D eigenvalue weighted by atomic mass is 35.5. The third-order valence-corrected chi connectivity index (χ3v) is 3.28. The summed E-state index contributed by atoms with van der Waals surface area (Å²) in [6.07, 6.45) is 0. The standard InChI is InChI=1S/C14H13ClF3N3/c1-6(2)13-20-12(15)7(3)14(21-13)19-9-5-4-8(16)10(17)11(9)18/h4-6H,1-3H3,(H,19,20,21). The molecule has 0 fully saturated rings. The van der Waals surface area contributed by atoms with Crippen LogP contribution < -0.4 is 5.32 Å². The molecule has 0 aliphatic carbocycles. The van der Waals surface area contributed by atoms with Crippen molar-refractivity contribution in [1.82, 2.24) is 9.97 Å². The van der Waals surface area contributed by atoms with E-state index < -0.39 is 17.5 Å². The smallest absolute Gasteiger partial charge is 0.196 e. The molecule has 1 aromatic heterocycles. The van der Waals surface area contributed by atoms with Crippen LogP contribution in [0.5, 0.6) is 0 Å². The number of hydrogen-bond donors (Lipinski definition) is 1. The van der Waals surface area contributed by atoms with E-state index in [2.05, 4.69) is 15.3 Å². The van der Waals surface area contributed by atoms with Gasteiger partial charge < -0.3 is 5.32 Å². The topological polar surface area (TPSA) is 37.8 Å². The molecular formula is C14H13ClF3N3. The molecule has 0 aliphatic rings. The van der Waals surface area contributed by atoms with Crippen LogP contribution >= 0.6 is 11.6 Å².